The van der Waals surface area contributed by atoms with Gasteiger partial charge in [-0.1, -0.05) is 15.9 Å². The van der Waals surface area contributed by atoms with Crippen molar-refractivity contribution in [1.29, 1.82) is 0 Å². The first kappa shape index (κ1) is 6.16. The number of halogens is 1. The maximum Gasteiger partial charge on any atom is 0.212 e. The fourth-order valence-electron chi connectivity index (χ4n) is 1.14. The van der Waals surface area contributed by atoms with Gasteiger partial charge >= 0.3 is 0 Å². The monoisotopic (exact) mass is 200 g/mol. The van der Waals surface area contributed by atoms with Crippen molar-refractivity contribution >= 4 is 21.7 Å². The van der Waals surface area contributed by atoms with Crippen molar-refractivity contribution < 1.29 is 9.21 Å². The molecule has 3 heteroatoms. The molecule has 0 radical (unpaired) electrons. The van der Waals surface area contributed by atoms with E-state index in [1.54, 1.807) is 6.26 Å². The molecule has 1 heterocycles. The second-order valence-electron chi connectivity index (χ2n) is 2.31. The Hall–Kier alpha value is -0.570. The van der Waals surface area contributed by atoms with Crippen LogP contribution in [0, 0.1) is 0 Å². The minimum atomic E-state index is -0.0533. The Morgan fingerprint density at radius 2 is 2.50 bits per heavy atom. The number of fused-ring (bicyclic) bond motifs is 1. The van der Waals surface area contributed by atoms with Gasteiger partial charge in [-0.15, -0.1) is 0 Å². The van der Waals surface area contributed by atoms with E-state index < -0.39 is 0 Å². The number of hydrogen-bond donors (Lipinski definition) is 0. The van der Waals surface area contributed by atoms with Crippen molar-refractivity contribution in [2.75, 3.05) is 0 Å². The second-order valence-corrected chi connectivity index (χ2v) is 3.42. The Morgan fingerprint density at radius 3 is 3.20 bits per heavy atom. The molecule has 1 atom stereocenters. The number of ketones is 1. The molecule has 1 unspecified atom stereocenters. The highest BCUT2D eigenvalue weighted by Gasteiger charge is 2.30. The van der Waals surface area contributed by atoms with Gasteiger partial charge in [-0.2, -0.15) is 0 Å². The summed E-state index contributed by atoms with van der Waals surface area (Å²) in [7, 11) is 0. The summed E-state index contributed by atoms with van der Waals surface area (Å²) in [5.74, 6) is 0.599. The molecule has 0 fully saturated rings. The maximum atomic E-state index is 11.1. The SMILES string of the molecule is O=C1c2occc2CC1Br. The van der Waals surface area contributed by atoms with Crippen LogP contribution in [0.4, 0.5) is 0 Å². The van der Waals surface area contributed by atoms with Crippen LogP contribution in [-0.4, -0.2) is 10.6 Å². The highest BCUT2D eigenvalue weighted by molar-refractivity contribution is 9.10. The van der Waals surface area contributed by atoms with Crippen LogP contribution in [0.25, 0.3) is 0 Å². The van der Waals surface area contributed by atoms with Crippen LogP contribution in [-0.2, 0) is 6.42 Å². The molecular formula is C7H5BrO2. The molecular weight excluding hydrogens is 196 g/mol. The molecule has 0 aliphatic heterocycles. The summed E-state index contributed by atoms with van der Waals surface area (Å²) < 4.78 is 4.98. The van der Waals surface area contributed by atoms with E-state index >= 15 is 0 Å². The fourth-order valence-corrected chi connectivity index (χ4v) is 1.70. The first-order valence-corrected chi connectivity index (χ1v) is 3.95. The summed E-state index contributed by atoms with van der Waals surface area (Å²) in [6, 6.07) is 1.84. The van der Waals surface area contributed by atoms with Crippen LogP contribution in [0.5, 0.6) is 0 Å². The lowest BCUT2D eigenvalue weighted by Crippen LogP contribution is -2.05. The maximum absolute atomic E-state index is 11.1. The Balaban J connectivity index is 2.53. The molecule has 1 aliphatic carbocycles. The third kappa shape index (κ3) is 0.669. The van der Waals surface area contributed by atoms with Gasteiger partial charge < -0.3 is 4.42 Å². The molecule has 0 saturated carbocycles. The number of Topliss-reactive ketones (excluding diaryl/α,β-unsaturated/α-hetero) is 1. The minimum absolute atomic E-state index is 0.0533. The highest BCUT2D eigenvalue weighted by atomic mass is 79.9. The lowest BCUT2D eigenvalue weighted by Gasteiger charge is -1.91. The van der Waals surface area contributed by atoms with E-state index in [9.17, 15) is 4.79 Å². The molecule has 0 aromatic carbocycles. The lowest BCUT2D eigenvalue weighted by molar-refractivity contribution is 0.0977. The predicted octanol–water partition coefficient (Wildman–Crippen LogP) is 1.78. The van der Waals surface area contributed by atoms with Gasteiger partial charge in [0, 0.05) is 5.56 Å². The molecule has 52 valence electrons. The summed E-state index contributed by atoms with van der Waals surface area (Å²) in [6.07, 6.45) is 2.33. The number of carbonyl (C=O) groups excluding carboxylic acids is 1. The van der Waals surface area contributed by atoms with Gasteiger partial charge in [0.05, 0.1) is 11.1 Å². The molecule has 10 heavy (non-hydrogen) atoms. The number of rotatable bonds is 0. The molecule has 1 aliphatic rings. The average molecular weight is 201 g/mol. The van der Waals surface area contributed by atoms with Gasteiger partial charge in [-0.05, 0) is 12.5 Å². The molecule has 1 aromatic rings. The van der Waals surface area contributed by atoms with E-state index in [4.69, 9.17) is 4.42 Å². The molecule has 0 saturated heterocycles. The second kappa shape index (κ2) is 1.95. The third-order valence-electron chi connectivity index (χ3n) is 1.65. The van der Waals surface area contributed by atoms with Crippen molar-refractivity contribution in [3.8, 4) is 0 Å². The highest BCUT2D eigenvalue weighted by Crippen LogP contribution is 2.27. The topological polar surface area (TPSA) is 30.2 Å². The van der Waals surface area contributed by atoms with Crippen LogP contribution >= 0.6 is 15.9 Å². The molecule has 2 rings (SSSR count). The number of alkyl halides is 1. The van der Waals surface area contributed by atoms with Crippen molar-refractivity contribution in [2.45, 2.75) is 11.2 Å². The summed E-state index contributed by atoms with van der Waals surface area (Å²) in [4.78, 5) is 11.1. The number of hydrogen-bond acceptors (Lipinski definition) is 2. The fraction of sp³-hybridized carbons (Fsp3) is 0.286. The predicted molar refractivity (Wildman–Crippen MR) is 39.5 cm³/mol. The van der Waals surface area contributed by atoms with Gasteiger partial charge in [0.15, 0.2) is 5.76 Å². The van der Waals surface area contributed by atoms with Crippen molar-refractivity contribution in [2.24, 2.45) is 0 Å². The Kier molecular flexibility index (Phi) is 1.20. The van der Waals surface area contributed by atoms with E-state index in [-0.39, 0.29) is 10.6 Å². The van der Waals surface area contributed by atoms with Crippen molar-refractivity contribution in [3.63, 3.8) is 0 Å². The van der Waals surface area contributed by atoms with Gasteiger partial charge in [0.25, 0.3) is 0 Å². The number of carbonyl (C=O) groups is 1. The molecule has 1 aromatic heterocycles. The first-order valence-electron chi connectivity index (χ1n) is 3.03. The zero-order chi connectivity index (χ0) is 7.14. The Labute approximate surface area is 66.3 Å². The van der Waals surface area contributed by atoms with Gasteiger partial charge in [0.1, 0.15) is 0 Å². The summed E-state index contributed by atoms with van der Waals surface area (Å²) >= 11 is 3.25. The largest absolute Gasteiger partial charge is 0.461 e. The van der Waals surface area contributed by atoms with Crippen LogP contribution in [0.15, 0.2) is 16.7 Å². The molecule has 0 amide bonds. The molecule has 0 N–H and O–H groups in total. The van der Waals surface area contributed by atoms with E-state index in [0.717, 1.165) is 12.0 Å². The van der Waals surface area contributed by atoms with Crippen LogP contribution < -0.4 is 0 Å². The van der Waals surface area contributed by atoms with Crippen molar-refractivity contribution in [3.05, 3.63) is 23.7 Å². The lowest BCUT2D eigenvalue weighted by atomic mass is 10.3. The van der Waals surface area contributed by atoms with Crippen LogP contribution in [0.2, 0.25) is 0 Å². The van der Waals surface area contributed by atoms with E-state index in [1.807, 2.05) is 6.07 Å². The minimum Gasteiger partial charge on any atom is -0.461 e. The smallest absolute Gasteiger partial charge is 0.212 e. The molecule has 0 spiro atoms. The summed E-state index contributed by atoms with van der Waals surface area (Å²) in [6.45, 7) is 0. The summed E-state index contributed by atoms with van der Waals surface area (Å²) in [5, 5.41) is 0. The van der Waals surface area contributed by atoms with Gasteiger partial charge in [-0.25, -0.2) is 0 Å². The number of furan rings is 1. The normalized spacial score (nSPS) is 23.3. The van der Waals surface area contributed by atoms with Gasteiger partial charge in [0.2, 0.25) is 5.78 Å². The Bertz CT molecular complexity index is 277. The zero-order valence-electron chi connectivity index (χ0n) is 5.13. The van der Waals surface area contributed by atoms with Crippen LogP contribution in [0.3, 0.4) is 0 Å². The zero-order valence-corrected chi connectivity index (χ0v) is 6.72. The Morgan fingerprint density at radius 1 is 1.70 bits per heavy atom. The molecule has 2 nitrogen and oxygen atoms in total. The average Bonchev–Trinajstić information content (AvgIpc) is 2.41. The molecule has 0 bridgehead atoms. The first-order chi connectivity index (χ1) is 4.79. The van der Waals surface area contributed by atoms with E-state index in [0.29, 0.717) is 5.76 Å². The van der Waals surface area contributed by atoms with Crippen molar-refractivity contribution in [1.82, 2.24) is 0 Å². The van der Waals surface area contributed by atoms with E-state index in [1.165, 1.54) is 0 Å². The van der Waals surface area contributed by atoms with E-state index in [2.05, 4.69) is 15.9 Å². The van der Waals surface area contributed by atoms with Crippen LogP contribution in [0.1, 0.15) is 16.1 Å². The van der Waals surface area contributed by atoms with Gasteiger partial charge in [-0.3, -0.25) is 4.79 Å². The standard InChI is InChI=1S/C7H5BrO2/c8-5-3-4-1-2-10-7(4)6(5)9/h1-2,5H,3H2. The third-order valence-corrected chi connectivity index (χ3v) is 2.39. The quantitative estimate of drug-likeness (QED) is 0.599. The summed E-state index contributed by atoms with van der Waals surface area (Å²) in [5.41, 5.74) is 1.02.